The predicted molar refractivity (Wildman–Crippen MR) is 60.5 cm³/mol. The first-order valence-corrected chi connectivity index (χ1v) is 5.01. The van der Waals surface area contributed by atoms with Gasteiger partial charge < -0.3 is 10.3 Å². The number of fused-ring (bicyclic) bond motifs is 1. The van der Waals surface area contributed by atoms with Crippen molar-refractivity contribution in [1.29, 1.82) is 0 Å². The molecule has 2 heterocycles. The molecule has 0 fully saturated rings. The van der Waals surface area contributed by atoms with Crippen LogP contribution in [0.2, 0.25) is 0 Å². The highest BCUT2D eigenvalue weighted by Crippen LogP contribution is 2.16. The fraction of sp³-hybridized carbons (Fsp3) is 0.455. The molecule has 0 saturated carbocycles. The van der Waals surface area contributed by atoms with Gasteiger partial charge in [-0.05, 0) is 19.9 Å². The second kappa shape index (κ2) is 3.31. The molecule has 0 aliphatic heterocycles. The van der Waals surface area contributed by atoms with E-state index in [0.29, 0.717) is 0 Å². The van der Waals surface area contributed by atoms with E-state index in [1.165, 1.54) is 0 Å². The number of aromatic nitrogens is 3. The Morgan fingerprint density at radius 2 is 2.20 bits per heavy atom. The molecule has 2 aromatic rings. The number of nitrogens with two attached hydrogens (primary N) is 1. The van der Waals surface area contributed by atoms with E-state index in [0.717, 1.165) is 23.3 Å². The summed E-state index contributed by atoms with van der Waals surface area (Å²) < 4.78 is 2.08. The van der Waals surface area contributed by atoms with Gasteiger partial charge >= 0.3 is 0 Å². The van der Waals surface area contributed by atoms with Gasteiger partial charge in [-0.1, -0.05) is 0 Å². The quantitative estimate of drug-likeness (QED) is 0.801. The minimum Gasteiger partial charge on any atom is -0.331 e. The zero-order valence-corrected chi connectivity index (χ0v) is 9.36. The molecule has 0 amide bonds. The van der Waals surface area contributed by atoms with Gasteiger partial charge in [0, 0.05) is 25.2 Å². The van der Waals surface area contributed by atoms with Crippen LogP contribution in [0, 0.1) is 0 Å². The first kappa shape index (κ1) is 10.1. The van der Waals surface area contributed by atoms with E-state index in [9.17, 15) is 0 Å². The molecule has 4 nitrogen and oxygen atoms in total. The van der Waals surface area contributed by atoms with Gasteiger partial charge in [0.2, 0.25) is 0 Å². The van der Waals surface area contributed by atoms with Gasteiger partial charge in [-0.25, -0.2) is 4.98 Å². The maximum Gasteiger partial charge on any atom is 0.111 e. The van der Waals surface area contributed by atoms with Gasteiger partial charge in [0.05, 0.1) is 11.7 Å². The number of imidazole rings is 1. The fourth-order valence-corrected chi connectivity index (χ4v) is 1.67. The molecule has 2 rings (SSSR count). The predicted octanol–water partition coefficient (Wildman–Crippen LogP) is 1.25. The van der Waals surface area contributed by atoms with E-state index in [1.807, 2.05) is 27.0 Å². The zero-order chi connectivity index (χ0) is 11.1. The number of hydrogen-bond donors (Lipinski definition) is 1. The molecule has 2 N–H and O–H groups in total. The van der Waals surface area contributed by atoms with Crippen molar-refractivity contribution in [3.05, 3.63) is 24.3 Å². The van der Waals surface area contributed by atoms with E-state index < -0.39 is 0 Å². The Bertz CT molecular complexity index is 479. The largest absolute Gasteiger partial charge is 0.331 e. The maximum absolute atomic E-state index is 5.99. The van der Waals surface area contributed by atoms with E-state index >= 15 is 0 Å². The van der Waals surface area contributed by atoms with Crippen LogP contribution in [-0.4, -0.2) is 20.1 Å². The summed E-state index contributed by atoms with van der Waals surface area (Å²) >= 11 is 0. The van der Waals surface area contributed by atoms with Crippen molar-refractivity contribution in [2.75, 3.05) is 0 Å². The van der Waals surface area contributed by atoms with Gasteiger partial charge in [-0.3, -0.25) is 4.98 Å². The Hall–Kier alpha value is -1.42. The Kier molecular flexibility index (Phi) is 2.23. The highest BCUT2D eigenvalue weighted by Gasteiger charge is 2.16. The first-order chi connectivity index (χ1) is 6.97. The van der Waals surface area contributed by atoms with Crippen LogP contribution < -0.4 is 5.73 Å². The highest BCUT2D eigenvalue weighted by molar-refractivity contribution is 5.74. The van der Waals surface area contributed by atoms with Crippen LogP contribution in [0.5, 0.6) is 0 Å². The summed E-state index contributed by atoms with van der Waals surface area (Å²) in [4.78, 5) is 8.57. The van der Waals surface area contributed by atoms with Crippen LogP contribution in [0.15, 0.2) is 18.5 Å². The normalized spacial score (nSPS) is 12.3. The van der Waals surface area contributed by atoms with Crippen molar-refractivity contribution >= 4 is 11.0 Å². The van der Waals surface area contributed by atoms with Crippen LogP contribution in [0.4, 0.5) is 0 Å². The van der Waals surface area contributed by atoms with Crippen molar-refractivity contribution in [3.63, 3.8) is 0 Å². The summed E-state index contributed by atoms with van der Waals surface area (Å²) in [6.07, 6.45) is 4.32. The third-order valence-corrected chi connectivity index (χ3v) is 2.39. The zero-order valence-electron chi connectivity index (χ0n) is 9.36. The third kappa shape index (κ3) is 1.99. The molecule has 0 aliphatic rings. The molecule has 0 radical (unpaired) electrons. The first-order valence-electron chi connectivity index (χ1n) is 5.01. The smallest absolute Gasteiger partial charge is 0.111 e. The Morgan fingerprint density at radius 3 is 2.80 bits per heavy atom. The second-order valence-corrected chi connectivity index (χ2v) is 4.62. The van der Waals surface area contributed by atoms with E-state index in [-0.39, 0.29) is 5.54 Å². The average molecular weight is 204 g/mol. The molecular formula is C11H16N4. The van der Waals surface area contributed by atoms with Crippen LogP contribution in [0.25, 0.3) is 11.0 Å². The maximum atomic E-state index is 5.99. The fourth-order valence-electron chi connectivity index (χ4n) is 1.67. The van der Waals surface area contributed by atoms with Gasteiger partial charge in [-0.15, -0.1) is 0 Å². The molecule has 80 valence electrons. The number of pyridine rings is 1. The minimum absolute atomic E-state index is 0.234. The Morgan fingerprint density at radius 1 is 1.47 bits per heavy atom. The molecular weight excluding hydrogens is 188 g/mol. The van der Waals surface area contributed by atoms with E-state index in [2.05, 4.69) is 14.5 Å². The molecule has 0 spiro atoms. The molecule has 0 bridgehead atoms. The Labute approximate surface area is 89.1 Å². The molecule has 0 unspecified atom stereocenters. The molecule has 0 atom stereocenters. The highest BCUT2D eigenvalue weighted by atomic mass is 15.1. The summed E-state index contributed by atoms with van der Waals surface area (Å²) in [5, 5.41) is 0. The lowest BCUT2D eigenvalue weighted by molar-refractivity contribution is 0.495. The standard InChI is InChI=1S/C11H16N4/c1-11(2,12)6-10-14-8-7-13-5-4-9(8)15(10)3/h4-5,7H,6,12H2,1-3H3. The minimum atomic E-state index is -0.234. The van der Waals surface area contributed by atoms with Crippen LogP contribution >= 0.6 is 0 Å². The second-order valence-electron chi connectivity index (χ2n) is 4.62. The van der Waals surface area contributed by atoms with Gasteiger partial charge in [0.1, 0.15) is 11.3 Å². The Balaban J connectivity index is 2.49. The summed E-state index contributed by atoms with van der Waals surface area (Å²) in [6, 6.07) is 1.97. The van der Waals surface area contributed by atoms with Crippen LogP contribution in [0.1, 0.15) is 19.7 Å². The molecule has 0 aromatic carbocycles. The molecule has 4 heteroatoms. The third-order valence-electron chi connectivity index (χ3n) is 2.39. The van der Waals surface area contributed by atoms with Gasteiger partial charge in [0.25, 0.3) is 0 Å². The van der Waals surface area contributed by atoms with Crippen molar-refractivity contribution in [3.8, 4) is 0 Å². The van der Waals surface area contributed by atoms with E-state index in [4.69, 9.17) is 5.73 Å². The number of aryl methyl sites for hydroxylation is 1. The summed E-state index contributed by atoms with van der Waals surface area (Å²) in [5.41, 5.74) is 7.79. The van der Waals surface area contributed by atoms with Crippen molar-refractivity contribution in [2.24, 2.45) is 12.8 Å². The van der Waals surface area contributed by atoms with E-state index in [1.54, 1.807) is 12.4 Å². The summed E-state index contributed by atoms with van der Waals surface area (Å²) in [5.74, 6) is 1.01. The molecule has 2 aromatic heterocycles. The van der Waals surface area contributed by atoms with Gasteiger partial charge in [0.15, 0.2) is 0 Å². The lowest BCUT2D eigenvalue weighted by Crippen LogP contribution is -2.35. The number of nitrogens with zero attached hydrogens (tertiary/aromatic N) is 3. The lowest BCUT2D eigenvalue weighted by Gasteiger charge is -2.17. The van der Waals surface area contributed by atoms with Crippen molar-refractivity contribution in [1.82, 2.24) is 14.5 Å². The number of hydrogen-bond acceptors (Lipinski definition) is 3. The topological polar surface area (TPSA) is 56.7 Å². The monoisotopic (exact) mass is 204 g/mol. The average Bonchev–Trinajstić information content (AvgIpc) is 2.42. The lowest BCUT2D eigenvalue weighted by atomic mass is 10.0. The summed E-state index contributed by atoms with van der Waals surface area (Å²) in [7, 11) is 2.01. The van der Waals surface area contributed by atoms with Crippen LogP contribution in [0.3, 0.4) is 0 Å². The van der Waals surface area contributed by atoms with Crippen LogP contribution in [-0.2, 0) is 13.5 Å². The SMILES string of the molecule is Cn1c(CC(C)(C)N)nc2cnccc21. The van der Waals surface area contributed by atoms with Crippen molar-refractivity contribution in [2.45, 2.75) is 25.8 Å². The van der Waals surface area contributed by atoms with Crippen molar-refractivity contribution < 1.29 is 0 Å². The summed E-state index contributed by atoms with van der Waals surface area (Å²) in [6.45, 7) is 4.01. The molecule has 0 saturated heterocycles. The molecule has 15 heavy (non-hydrogen) atoms. The number of rotatable bonds is 2. The molecule has 0 aliphatic carbocycles. The van der Waals surface area contributed by atoms with Gasteiger partial charge in [-0.2, -0.15) is 0 Å².